The van der Waals surface area contributed by atoms with E-state index in [4.69, 9.17) is 0 Å². The summed E-state index contributed by atoms with van der Waals surface area (Å²) in [5, 5.41) is 2.76. The summed E-state index contributed by atoms with van der Waals surface area (Å²) >= 11 is 0. The zero-order valence-corrected chi connectivity index (χ0v) is 6.73. The van der Waals surface area contributed by atoms with Crippen LogP contribution in [-0.4, -0.2) is 32.3 Å². The van der Waals surface area contributed by atoms with Gasteiger partial charge in [0.15, 0.2) is 0 Å². The molecule has 0 unspecified atom stereocenters. The molecule has 0 aliphatic heterocycles. The van der Waals surface area contributed by atoms with Gasteiger partial charge in [0.2, 0.25) is 0 Å². The predicted octanol–water partition coefficient (Wildman–Crippen LogP) is 0.499. The Morgan fingerprint density at radius 2 is 2.36 bits per heavy atom. The van der Waals surface area contributed by atoms with Crippen LogP contribution in [0, 0.1) is 0 Å². The van der Waals surface area contributed by atoms with Gasteiger partial charge in [0, 0.05) is 0 Å². The Bertz CT molecular complexity index is 109. The van der Waals surface area contributed by atoms with E-state index in [-0.39, 0.29) is 19.2 Å². The van der Waals surface area contributed by atoms with E-state index in [9.17, 15) is 9.18 Å². The Hall–Kier alpha value is -0.640. The third-order valence-corrected chi connectivity index (χ3v) is 1.06. The number of esters is 1. The molecule has 0 saturated carbocycles. The summed E-state index contributed by atoms with van der Waals surface area (Å²) in [6.07, 6.45) is 0.444. The normalized spacial score (nSPS) is 9.64. The lowest BCUT2D eigenvalue weighted by Gasteiger charge is -2.01. The summed E-state index contributed by atoms with van der Waals surface area (Å²) in [6.45, 7) is 2.49. The highest BCUT2D eigenvalue weighted by molar-refractivity contribution is 5.71. The van der Waals surface area contributed by atoms with Gasteiger partial charge in [0.05, 0.1) is 19.8 Å². The van der Waals surface area contributed by atoms with Gasteiger partial charge in [-0.3, -0.25) is 9.18 Å². The smallest absolute Gasteiger partial charge is 0.319 e. The molecule has 0 aromatic heterocycles. The molecular weight excluding hydrogens is 149 g/mol. The van der Waals surface area contributed by atoms with Crippen molar-refractivity contribution >= 4 is 5.97 Å². The second kappa shape index (κ2) is 7.47. The predicted molar refractivity (Wildman–Crippen MR) is 40.1 cm³/mol. The van der Waals surface area contributed by atoms with E-state index in [2.05, 4.69) is 10.1 Å². The largest absolute Gasteiger partial charge is 0.465 e. The molecule has 3 nitrogen and oxygen atoms in total. The number of halogens is 1. The van der Waals surface area contributed by atoms with Gasteiger partial charge in [-0.2, -0.15) is 0 Å². The molecule has 0 aliphatic carbocycles. The van der Waals surface area contributed by atoms with Gasteiger partial charge in [0.1, 0.15) is 0 Å². The molecule has 0 heterocycles. The number of hydrogen-bond acceptors (Lipinski definition) is 3. The topological polar surface area (TPSA) is 38.3 Å². The number of carbonyl (C=O) groups excluding carboxylic acids is 1. The summed E-state index contributed by atoms with van der Waals surface area (Å²) < 4.78 is 16.1. The van der Waals surface area contributed by atoms with Gasteiger partial charge in [0.25, 0.3) is 0 Å². The van der Waals surface area contributed by atoms with Crippen LogP contribution >= 0.6 is 0 Å². The number of hydrogen-bond donors (Lipinski definition) is 1. The Balaban J connectivity index is 3.04. The van der Waals surface area contributed by atoms with Crippen molar-refractivity contribution in [3.63, 3.8) is 0 Å². The van der Waals surface area contributed by atoms with Crippen LogP contribution < -0.4 is 5.32 Å². The van der Waals surface area contributed by atoms with Gasteiger partial charge >= 0.3 is 5.97 Å². The maximum atomic E-state index is 11.5. The van der Waals surface area contributed by atoms with E-state index < -0.39 is 0 Å². The first kappa shape index (κ1) is 10.4. The SMILES string of the molecule is CCOC(=O)CNCCCF. The Labute approximate surface area is 65.9 Å². The van der Waals surface area contributed by atoms with Crippen LogP contribution in [0.5, 0.6) is 0 Å². The van der Waals surface area contributed by atoms with Crippen molar-refractivity contribution in [3.05, 3.63) is 0 Å². The molecule has 0 aliphatic rings. The first-order valence-electron chi connectivity index (χ1n) is 3.73. The zero-order valence-electron chi connectivity index (χ0n) is 6.73. The quantitative estimate of drug-likeness (QED) is 0.457. The minimum Gasteiger partial charge on any atom is -0.465 e. The number of nitrogens with one attached hydrogen (secondary N) is 1. The lowest BCUT2D eigenvalue weighted by molar-refractivity contribution is -0.141. The zero-order chi connectivity index (χ0) is 8.53. The highest BCUT2D eigenvalue weighted by atomic mass is 19.1. The van der Waals surface area contributed by atoms with Crippen LogP contribution in [0.4, 0.5) is 4.39 Å². The summed E-state index contributed by atoms with van der Waals surface area (Å²) in [5.74, 6) is -0.286. The summed E-state index contributed by atoms with van der Waals surface area (Å²) in [4.78, 5) is 10.6. The molecule has 0 aromatic carbocycles. The van der Waals surface area contributed by atoms with E-state index in [0.717, 1.165) is 0 Å². The van der Waals surface area contributed by atoms with Gasteiger partial charge < -0.3 is 10.1 Å². The Morgan fingerprint density at radius 1 is 1.64 bits per heavy atom. The summed E-state index contributed by atoms with van der Waals surface area (Å²) in [5.41, 5.74) is 0. The fourth-order valence-electron chi connectivity index (χ4n) is 0.594. The van der Waals surface area contributed by atoms with Crippen molar-refractivity contribution in [2.75, 3.05) is 26.4 Å². The fourth-order valence-corrected chi connectivity index (χ4v) is 0.594. The Kier molecular flexibility index (Phi) is 7.03. The molecular formula is C7H14FNO2. The number of rotatable bonds is 6. The van der Waals surface area contributed by atoms with Gasteiger partial charge in [-0.25, -0.2) is 0 Å². The average molecular weight is 163 g/mol. The van der Waals surface area contributed by atoms with Gasteiger partial charge in [-0.15, -0.1) is 0 Å². The monoisotopic (exact) mass is 163 g/mol. The average Bonchev–Trinajstić information content (AvgIpc) is 1.99. The minimum absolute atomic E-state index is 0.174. The molecule has 0 radical (unpaired) electrons. The van der Waals surface area contributed by atoms with E-state index in [0.29, 0.717) is 19.6 Å². The highest BCUT2D eigenvalue weighted by Gasteiger charge is 1.98. The molecule has 0 amide bonds. The molecule has 0 saturated heterocycles. The lowest BCUT2D eigenvalue weighted by atomic mass is 10.4. The first-order valence-corrected chi connectivity index (χ1v) is 3.73. The summed E-state index contributed by atoms with van der Waals surface area (Å²) in [7, 11) is 0. The van der Waals surface area contributed by atoms with Gasteiger partial charge in [-0.05, 0) is 19.9 Å². The van der Waals surface area contributed by atoms with Crippen LogP contribution in [-0.2, 0) is 9.53 Å². The standard InChI is InChI=1S/C7H14FNO2/c1-2-11-7(10)6-9-5-3-4-8/h9H,2-6H2,1H3. The molecule has 66 valence electrons. The van der Waals surface area contributed by atoms with Gasteiger partial charge in [-0.1, -0.05) is 0 Å². The van der Waals surface area contributed by atoms with Crippen molar-refractivity contribution in [1.82, 2.24) is 5.32 Å². The molecule has 0 rings (SSSR count). The van der Waals surface area contributed by atoms with Crippen molar-refractivity contribution in [2.45, 2.75) is 13.3 Å². The lowest BCUT2D eigenvalue weighted by Crippen LogP contribution is -2.25. The van der Waals surface area contributed by atoms with Crippen LogP contribution in [0.25, 0.3) is 0 Å². The first-order chi connectivity index (χ1) is 5.31. The number of carbonyl (C=O) groups is 1. The van der Waals surface area contributed by atoms with Crippen molar-refractivity contribution in [3.8, 4) is 0 Å². The number of alkyl halides is 1. The third kappa shape index (κ3) is 7.25. The molecule has 0 atom stereocenters. The molecule has 11 heavy (non-hydrogen) atoms. The van der Waals surface area contributed by atoms with Crippen LogP contribution in [0.15, 0.2) is 0 Å². The third-order valence-electron chi connectivity index (χ3n) is 1.06. The number of ether oxygens (including phenoxy) is 1. The van der Waals surface area contributed by atoms with Crippen molar-refractivity contribution in [2.24, 2.45) is 0 Å². The molecule has 1 N–H and O–H groups in total. The van der Waals surface area contributed by atoms with E-state index >= 15 is 0 Å². The minimum atomic E-state index is -0.351. The van der Waals surface area contributed by atoms with Crippen molar-refractivity contribution < 1.29 is 13.9 Å². The highest BCUT2D eigenvalue weighted by Crippen LogP contribution is 1.78. The van der Waals surface area contributed by atoms with Crippen LogP contribution in [0.2, 0.25) is 0 Å². The maximum absolute atomic E-state index is 11.5. The fraction of sp³-hybridized carbons (Fsp3) is 0.857. The van der Waals surface area contributed by atoms with Crippen molar-refractivity contribution in [1.29, 1.82) is 0 Å². The Morgan fingerprint density at radius 3 is 2.91 bits per heavy atom. The molecule has 4 heteroatoms. The second-order valence-corrected chi connectivity index (χ2v) is 2.02. The second-order valence-electron chi connectivity index (χ2n) is 2.02. The van der Waals surface area contributed by atoms with E-state index in [1.165, 1.54) is 0 Å². The van der Waals surface area contributed by atoms with Crippen LogP contribution in [0.1, 0.15) is 13.3 Å². The molecule has 0 fully saturated rings. The van der Waals surface area contributed by atoms with E-state index in [1.807, 2.05) is 0 Å². The summed E-state index contributed by atoms with van der Waals surface area (Å²) in [6, 6.07) is 0. The maximum Gasteiger partial charge on any atom is 0.319 e. The van der Waals surface area contributed by atoms with E-state index in [1.54, 1.807) is 6.92 Å². The molecule has 0 aromatic rings. The molecule has 0 spiro atoms. The van der Waals surface area contributed by atoms with Crippen LogP contribution in [0.3, 0.4) is 0 Å². The molecule has 0 bridgehead atoms.